The van der Waals surface area contributed by atoms with Gasteiger partial charge in [0.1, 0.15) is 5.82 Å². The van der Waals surface area contributed by atoms with E-state index in [0.29, 0.717) is 18.1 Å². The van der Waals surface area contributed by atoms with Gasteiger partial charge in [0.25, 0.3) is 5.91 Å². The quantitative estimate of drug-likeness (QED) is 0.929. The predicted molar refractivity (Wildman–Crippen MR) is 81.0 cm³/mol. The first-order valence-electron chi connectivity index (χ1n) is 6.59. The molecule has 1 fully saturated rings. The molecule has 0 saturated carbocycles. The average Bonchev–Trinajstić information content (AvgIpc) is 2.39. The normalized spacial score (nSPS) is 18.6. The number of hydrogen-bond acceptors (Lipinski definition) is 2. The van der Waals surface area contributed by atoms with Crippen LogP contribution in [0, 0.1) is 5.82 Å². The van der Waals surface area contributed by atoms with Crippen molar-refractivity contribution in [2.45, 2.75) is 31.7 Å². The maximum absolute atomic E-state index is 13.8. The zero-order chi connectivity index (χ0) is 13.8. The molecule has 2 rings (SSSR count). The van der Waals surface area contributed by atoms with Crippen molar-refractivity contribution in [3.8, 4) is 0 Å². The largest absolute Gasteiger partial charge is 0.336 e. The number of benzene rings is 1. The molecule has 3 nitrogen and oxygen atoms in total. The molecule has 1 heterocycles. The third-order valence-electron chi connectivity index (χ3n) is 3.55. The van der Waals surface area contributed by atoms with Gasteiger partial charge in [0.2, 0.25) is 0 Å². The summed E-state index contributed by atoms with van der Waals surface area (Å²) in [4.78, 5) is 14.2. The Morgan fingerprint density at radius 2 is 2.20 bits per heavy atom. The van der Waals surface area contributed by atoms with Gasteiger partial charge in [-0.15, -0.1) is 12.4 Å². The summed E-state index contributed by atoms with van der Waals surface area (Å²) in [5, 5.41) is 0.297. The van der Waals surface area contributed by atoms with E-state index in [0.717, 1.165) is 25.7 Å². The molecule has 1 aromatic rings. The first-order chi connectivity index (χ1) is 9.13. The van der Waals surface area contributed by atoms with Gasteiger partial charge in [0.05, 0.1) is 5.56 Å². The van der Waals surface area contributed by atoms with Gasteiger partial charge in [-0.2, -0.15) is 0 Å². The summed E-state index contributed by atoms with van der Waals surface area (Å²) >= 11 is 5.70. The lowest BCUT2D eigenvalue weighted by atomic mass is 9.98. The zero-order valence-corrected chi connectivity index (χ0v) is 12.7. The smallest absolute Gasteiger partial charge is 0.257 e. The van der Waals surface area contributed by atoms with Gasteiger partial charge in [-0.1, -0.05) is 11.6 Å². The first-order valence-corrected chi connectivity index (χ1v) is 6.97. The molecule has 0 bridgehead atoms. The Balaban J connectivity index is 0.00000200. The highest BCUT2D eigenvalue weighted by Gasteiger charge is 2.28. The third-order valence-corrected chi connectivity index (χ3v) is 3.78. The summed E-state index contributed by atoms with van der Waals surface area (Å²) in [7, 11) is 0. The number of nitrogens with two attached hydrogens (primary N) is 1. The molecule has 1 unspecified atom stereocenters. The Hall–Kier alpha value is -0.840. The number of piperidine rings is 1. The van der Waals surface area contributed by atoms with E-state index in [2.05, 4.69) is 0 Å². The number of carbonyl (C=O) groups is 1. The highest BCUT2D eigenvalue weighted by atomic mass is 35.5. The molecule has 1 amide bonds. The lowest BCUT2D eigenvalue weighted by molar-refractivity contribution is 0.0600. The van der Waals surface area contributed by atoms with Gasteiger partial charge in [0.15, 0.2) is 0 Å². The van der Waals surface area contributed by atoms with Crippen molar-refractivity contribution in [3.05, 3.63) is 34.6 Å². The average molecular weight is 321 g/mol. The van der Waals surface area contributed by atoms with Crippen LogP contribution in [0.3, 0.4) is 0 Å². The predicted octanol–water partition coefficient (Wildman–Crippen LogP) is 3.24. The molecule has 0 spiro atoms. The molecule has 2 N–H and O–H groups in total. The van der Waals surface area contributed by atoms with Gasteiger partial charge in [-0.25, -0.2) is 4.39 Å². The number of likely N-dealkylation sites (tertiary alicyclic amines) is 1. The Bertz CT molecular complexity index is 468. The van der Waals surface area contributed by atoms with Crippen LogP contribution in [0.1, 0.15) is 36.0 Å². The van der Waals surface area contributed by atoms with Crippen LogP contribution in [0.25, 0.3) is 0 Å². The number of carbonyl (C=O) groups excluding carboxylic acids is 1. The lowest BCUT2D eigenvalue weighted by Gasteiger charge is -2.35. The molecular formula is C14H19Cl2FN2O. The Morgan fingerprint density at radius 3 is 2.85 bits per heavy atom. The van der Waals surface area contributed by atoms with Crippen molar-refractivity contribution in [1.82, 2.24) is 4.90 Å². The van der Waals surface area contributed by atoms with Crippen molar-refractivity contribution in [2.24, 2.45) is 5.73 Å². The minimum atomic E-state index is -0.561. The standard InChI is InChI=1S/C14H18ClFN2O.ClH/c15-10-4-5-12(13(16)9-10)14(19)18-8-2-1-3-11(18)6-7-17;/h4-5,9,11H,1-3,6-8,17H2;1H. The van der Waals surface area contributed by atoms with E-state index < -0.39 is 5.82 Å². The third kappa shape index (κ3) is 3.84. The van der Waals surface area contributed by atoms with E-state index in [1.807, 2.05) is 0 Å². The van der Waals surface area contributed by atoms with E-state index in [4.69, 9.17) is 17.3 Å². The van der Waals surface area contributed by atoms with Crippen LogP contribution in [-0.2, 0) is 0 Å². The van der Waals surface area contributed by atoms with Crippen LogP contribution in [0.2, 0.25) is 5.02 Å². The highest BCUT2D eigenvalue weighted by molar-refractivity contribution is 6.30. The second-order valence-electron chi connectivity index (χ2n) is 4.85. The fourth-order valence-electron chi connectivity index (χ4n) is 2.58. The summed E-state index contributed by atoms with van der Waals surface area (Å²) in [5.74, 6) is -0.818. The van der Waals surface area contributed by atoms with Gasteiger partial charge in [-0.3, -0.25) is 4.79 Å². The first kappa shape index (κ1) is 17.2. The molecule has 1 aliphatic rings. The fourth-order valence-corrected chi connectivity index (χ4v) is 2.74. The van der Waals surface area contributed by atoms with Crippen molar-refractivity contribution >= 4 is 29.9 Å². The van der Waals surface area contributed by atoms with Gasteiger partial charge >= 0.3 is 0 Å². The van der Waals surface area contributed by atoms with Crippen molar-refractivity contribution in [3.63, 3.8) is 0 Å². The molecule has 1 atom stereocenters. The SMILES string of the molecule is Cl.NCCC1CCCCN1C(=O)c1ccc(Cl)cc1F. The van der Waals surface area contributed by atoms with Crippen LogP contribution in [0.4, 0.5) is 4.39 Å². The molecule has 0 aromatic heterocycles. The molecule has 0 radical (unpaired) electrons. The monoisotopic (exact) mass is 320 g/mol. The molecule has 1 aliphatic heterocycles. The summed E-state index contributed by atoms with van der Waals surface area (Å²) < 4.78 is 13.8. The van der Waals surface area contributed by atoms with Gasteiger partial charge in [0, 0.05) is 17.6 Å². The minimum absolute atomic E-state index is 0. The van der Waals surface area contributed by atoms with Crippen LogP contribution >= 0.6 is 24.0 Å². The molecule has 6 heteroatoms. The molecule has 112 valence electrons. The second kappa shape index (κ2) is 7.81. The maximum Gasteiger partial charge on any atom is 0.257 e. The van der Waals surface area contributed by atoms with E-state index in [-0.39, 0.29) is 29.9 Å². The fraction of sp³-hybridized carbons (Fsp3) is 0.500. The Morgan fingerprint density at radius 1 is 1.45 bits per heavy atom. The Labute approximate surface area is 129 Å². The van der Waals surface area contributed by atoms with Crippen LogP contribution in [0.5, 0.6) is 0 Å². The second-order valence-corrected chi connectivity index (χ2v) is 5.29. The molecule has 20 heavy (non-hydrogen) atoms. The van der Waals surface area contributed by atoms with Crippen LogP contribution in [-0.4, -0.2) is 29.9 Å². The molecule has 1 saturated heterocycles. The van der Waals surface area contributed by atoms with Gasteiger partial charge < -0.3 is 10.6 Å². The zero-order valence-electron chi connectivity index (χ0n) is 11.1. The number of rotatable bonds is 3. The minimum Gasteiger partial charge on any atom is -0.336 e. The summed E-state index contributed by atoms with van der Waals surface area (Å²) in [6.07, 6.45) is 3.76. The number of hydrogen-bond donors (Lipinski definition) is 1. The van der Waals surface area contributed by atoms with E-state index in [9.17, 15) is 9.18 Å². The summed E-state index contributed by atoms with van der Waals surface area (Å²) in [5.41, 5.74) is 5.67. The van der Waals surface area contributed by atoms with Crippen molar-refractivity contribution < 1.29 is 9.18 Å². The lowest BCUT2D eigenvalue weighted by Crippen LogP contribution is -2.44. The van der Waals surface area contributed by atoms with Crippen LogP contribution < -0.4 is 5.73 Å². The van der Waals surface area contributed by atoms with Crippen LogP contribution in [0.15, 0.2) is 18.2 Å². The van der Waals surface area contributed by atoms with E-state index in [1.165, 1.54) is 12.1 Å². The van der Waals surface area contributed by atoms with Crippen molar-refractivity contribution in [1.29, 1.82) is 0 Å². The molecule has 1 aromatic carbocycles. The highest BCUT2D eigenvalue weighted by Crippen LogP contribution is 2.23. The van der Waals surface area contributed by atoms with Crippen molar-refractivity contribution in [2.75, 3.05) is 13.1 Å². The van der Waals surface area contributed by atoms with Gasteiger partial charge in [-0.05, 0) is 50.4 Å². The number of nitrogens with zero attached hydrogens (tertiary/aromatic N) is 1. The summed E-state index contributed by atoms with van der Waals surface area (Å²) in [6, 6.07) is 4.30. The summed E-state index contributed by atoms with van der Waals surface area (Å²) in [6.45, 7) is 1.21. The Kier molecular flexibility index (Phi) is 6.72. The maximum atomic E-state index is 13.8. The number of halogens is 3. The van der Waals surface area contributed by atoms with E-state index in [1.54, 1.807) is 11.0 Å². The number of amides is 1. The molecular weight excluding hydrogens is 302 g/mol. The molecule has 0 aliphatic carbocycles. The topological polar surface area (TPSA) is 46.3 Å². The van der Waals surface area contributed by atoms with E-state index >= 15 is 0 Å².